The van der Waals surface area contributed by atoms with Crippen LogP contribution in [-0.2, 0) is 12.1 Å². The fraction of sp³-hybridized carbons (Fsp3) is 0.312. The molecule has 106 valence electrons. The number of aliphatic hydroxyl groups excluding tert-OH is 1. The summed E-state index contributed by atoms with van der Waals surface area (Å²) in [6.45, 7) is 2.56. The van der Waals surface area contributed by atoms with Gasteiger partial charge in [-0.15, -0.1) is 0 Å². The minimum atomic E-state index is -0.498. The molecule has 0 spiro atoms. The molecule has 20 heavy (non-hydrogen) atoms. The molecule has 1 aromatic heterocycles. The van der Waals surface area contributed by atoms with E-state index in [2.05, 4.69) is 10.3 Å². The largest absolute Gasteiger partial charge is 0.481 e. The molecule has 2 aromatic rings. The summed E-state index contributed by atoms with van der Waals surface area (Å²) in [5.74, 6) is 0.605. The molecular weight excluding hydrogens is 252 g/mol. The fourth-order valence-corrected chi connectivity index (χ4v) is 2.09. The van der Waals surface area contributed by atoms with Crippen molar-refractivity contribution >= 4 is 0 Å². The van der Waals surface area contributed by atoms with Gasteiger partial charge in [0, 0.05) is 18.3 Å². The van der Waals surface area contributed by atoms with Gasteiger partial charge < -0.3 is 15.2 Å². The molecule has 0 aliphatic rings. The molecule has 0 saturated heterocycles. The number of aromatic nitrogens is 1. The molecule has 0 amide bonds. The molecule has 2 N–H and O–H groups in total. The van der Waals surface area contributed by atoms with E-state index in [1.807, 2.05) is 49.4 Å². The van der Waals surface area contributed by atoms with E-state index in [1.54, 1.807) is 13.3 Å². The van der Waals surface area contributed by atoms with Crippen molar-refractivity contribution in [3.05, 3.63) is 59.8 Å². The highest BCUT2D eigenvalue weighted by Gasteiger charge is 2.25. The van der Waals surface area contributed by atoms with Crippen LogP contribution in [0.5, 0.6) is 5.88 Å². The minimum absolute atomic E-state index is 0.0135. The highest BCUT2D eigenvalue weighted by atomic mass is 16.5. The number of nitrogens with zero attached hydrogens (tertiary/aromatic N) is 1. The molecule has 2 rings (SSSR count). The number of hydrogen-bond donors (Lipinski definition) is 2. The summed E-state index contributed by atoms with van der Waals surface area (Å²) in [5, 5.41) is 13.1. The quantitative estimate of drug-likeness (QED) is 0.845. The van der Waals surface area contributed by atoms with Crippen LogP contribution in [0, 0.1) is 0 Å². The number of rotatable bonds is 6. The topological polar surface area (TPSA) is 54.4 Å². The molecule has 0 aliphatic heterocycles. The molecule has 1 aromatic carbocycles. The Kier molecular flexibility index (Phi) is 4.71. The Hall–Kier alpha value is -1.91. The van der Waals surface area contributed by atoms with Crippen molar-refractivity contribution in [2.24, 2.45) is 0 Å². The monoisotopic (exact) mass is 272 g/mol. The Labute approximate surface area is 119 Å². The summed E-state index contributed by atoms with van der Waals surface area (Å²) < 4.78 is 5.24. The lowest BCUT2D eigenvalue weighted by Gasteiger charge is -2.29. The molecule has 0 aliphatic carbocycles. The Bertz CT molecular complexity index is 545. The van der Waals surface area contributed by atoms with Crippen LogP contribution in [0.2, 0.25) is 0 Å². The summed E-state index contributed by atoms with van der Waals surface area (Å²) in [6, 6.07) is 13.7. The maximum absolute atomic E-state index is 9.73. The number of nitrogens with one attached hydrogen (secondary N) is 1. The fourth-order valence-electron chi connectivity index (χ4n) is 2.09. The van der Waals surface area contributed by atoms with Gasteiger partial charge in [0.25, 0.3) is 0 Å². The second-order valence-corrected chi connectivity index (χ2v) is 4.88. The Morgan fingerprint density at radius 1 is 1.20 bits per heavy atom. The Morgan fingerprint density at radius 3 is 2.60 bits per heavy atom. The highest BCUT2D eigenvalue weighted by Crippen LogP contribution is 2.22. The van der Waals surface area contributed by atoms with Crippen LogP contribution in [0.1, 0.15) is 18.1 Å². The van der Waals surface area contributed by atoms with Crippen molar-refractivity contribution in [2.75, 3.05) is 13.7 Å². The van der Waals surface area contributed by atoms with Crippen molar-refractivity contribution in [1.29, 1.82) is 0 Å². The standard InChI is InChI=1S/C16H20N2O2/c1-16(12-19,14-8-4-3-5-9-14)18-11-13-7-6-10-17-15(13)20-2/h3-10,18-19H,11-12H2,1-2H3. The predicted molar refractivity (Wildman–Crippen MR) is 78.5 cm³/mol. The van der Waals surface area contributed by atoms with Gasteiger partial charge in [-0.2, -0.15) is 0 Å². The van der Waals surface area contributed by atoms with Crippen LogP contribution in [0.4, 0.5) is 0 Å². The van der Waals surface area contributed by atoms with Gasteiger partial charge in [-0.05, 0) is 18.6 Å². The SMILES string of the molecule is COc1ncccc1CNC(C)(CO)c1ccccc1. The van der Waals surface area contributed by atoms with E-state index in [1.165, 1.54) is 0 Å². The van der Waals surface area contributed by atoms with Crippen LogP contribution < -0.4 is 10.1 Å². The molecule has 0 bridgehead atoms. The lowest BCUT2D eigenvalue weighted by Crippen LogP contribution is -2.42. The zero-order valence-electron chi connectivity index (χ0n) is 11.8. The second kappa shape index (κ2) is 6.50. The van der Waals surface area contributed by atoms with Gasteiger partial charge in [-0.25, -0.2) is 4.98 Å². The van der Waals surface area contributed by atoms with Gasteiger partial charge in [-0.3, -0.25) is 0 Å². The molecule has 1 atom stereocenters. The lowest BCUT2D eigenvalue weighted by atomic mass is 9.92. The first-order valence-corrected chi connectivity index (χ1v) is 6.59. The zero-order valence-corrected chi connectivity index (χ0v) is 11.8. The number of hydrogen-bond acceptors (Lipinski definition) is 4. The van der Waals surface area contributed by atoms with E-state index in [0.717, 1.165) is 11.1 Å². The third-order valence-electron chi connectivity index (χ3n) is 3.44. The third-order valence-corrected chi connectivity index (χ3v) is 3.44. The number of benzene rings is 1. The predicted octanol–water partition coefficient (Wildman–Crippen LogP) is 2.09. The number of ether oxygens (including phenoxy) is 1. The van der Waals surface area contributed by atoms with Crippen molar-refractivity contribution in [3.63, 3.8) is 0 Å². The summed E-state index contributed by atoms with van der Waals surface area (Å²) >= 11 is 0. The number of methoxy groups -OCH3 is 1. The average Bonchev–Trinajstić information content (AvgIpc) is 2.53. The maximum Gasteiger partial charge on any atom is 0.217 e. The lowest BCUT2D eigenvalue weighted by molar-refractivity contribution is 0.173. The first-order chi connectivity index (χ1) is 9.69. The maximum atomic E-state index is 9.73. The summed E-state index contributed by atoms with van der Waals surface area (Å²) in [4.78, 5) is 4.17. The van der Waals surface area contributed by atoms with Crippen LogP contribution >= 0.6 is 0 Å². The molecule has 1 unspecified atom stereocenters. The van der Waals surface area contributed by atoms with Crippen LogP contribution in [0.3, 0.4) is 0 Å². The molecule has 4 nitrogen and oxygen atoms in total. The van der Waals surface area contributed by atoms with Crippen LogP contribution in [0.15, 0.2) is 48.7 Å². The van der Waals surface area contributed by atoms with Gasteiger partial charge in [0.05, 0.1) is 19.3 Å². The summed E-state index contributed by atoms with van der Waals surface area (Å²) in [7, 11) is 1.61. The molecular formula is C16H20N2O2. The van der Waals surface area contributed by atoms with Crippen molar-refractivity contribution in [1.82, 2.24) is 10.3 Å². The smallest absolute Gasteiger partial charge is 0.217 e. The van der Waals surface area contributed by atoms with Crippen molar-refractivity contribution < 1.29 is 9.84 Å². The van der Waals surface area contributed by atoms with E-state index in [0.29, 0.717) is 12.4 Å². The van der Waals surface area contributed by atoms with Gasteiger partial charge in [0.2, 0.25) is 5.88 Å². The van der Waals surface area contributed by atoms with Crippen molar-refractivity contribution in [3.8, 4) is 5.88 Å². The first-order valence-electron chi connectivity index (χ1n) is 6.59. The molecule has 0 radical (unpaired) electrons. The normalized spacial score (nSPS) is 13.8. The van der Waals surface area contributed by atoms with E-state index >= 15 is 0 Å². The number of pyridine rings is 1. The molecule has 0 saturated carbocycles. The van der Waals surface area contributed by atoms with Crippen LogP contribution in [0.25, 0.3) is 0 Å². The van der Waals surface area contributed by atoms with Crippen molar-refractivity contribution in [2.45, 2.75) is 19.0 Å². The van der Waals surface area contributed by atoms with Gasteiger partial charge in [0.1, 0.15) is 0 Å². The Morgan fingerprint density at radius 2 is 1.95 bits per heavy atom. The van der Waals surface area contributed by atoms with E-state index < -0.39 is 5.54 Å². The molecule has 1 heterocycles. The van der Waals surface area contributed by atoms with E-state index in [4.69, 9.17) is 4.74 Å². The number of aliphatic hydroxyl groups is 1. The summed E-state index contributed by atoms with van der Waals surface area (Å²) in [6.07, 6.45) is 1.70. The van der Waals surface area contributed by atoms with Gasteiger partial charge >= 0.3 is 0 Å². The third kappa shape index (κ3) is 3.15. The highest BCUT2D eigenvalue weighted by molar-refractivity contribution is 5.27. The minimum Gasteiger partial charge on any atom is -0.481 e. The summed E-state index contributed by atoms with van der Waals surface area (Å²) in [5.41, 5.74) is 1.51. The first kappa shape index (κ1) is 14.5. The van der Waals surface area contributed by atoms with Gasteiger partial charge in [0.15, 0.2) is 0 Å². The molecule has 4 heteroatoms. The van der Waals surface area contributed by atoms with E-state index in [-0.39, 0.29) is 6.61 Å². The van der Waals surface area contributed by atoms with E-state index in [9.17, 15) is 5.11 Å². The van der Waals surface area contributed by atoms with Crippen LogP contribution in [-0.4, -0.2) is 23.8 Å². The zero-order chi connectivity index (χ0) is 14.4. The van der Waals surface area contributed by atoms with Gasteiger partial charge in [-0.1, -0.05) is 36.4 Å². The Balaban J connectivity index is 2.15. The second-order valence-electron chi connectivity index (χ2n) is 4.88. The average molecular weight is 272 g/mol. The molecule has 0 fully saturated rings.